The van der Waals surface area contributed by atoms with Crippen LogP contribution in [0.1, 0.15) is 17.4 Å². The smallest absolute Gasteiger partial charge is 0.280 e. The number of hydrogen-bond acceptors (Lipinski definition) is 5. The Kier molecular flexibility index (Phi) is 5.01. The van der Waals surface area contributed by atoms with Gasteiger partial charge in [0.15, 0.2) is 5.69 Å². The van der Waals surface area contributed by atoms with Gasteiger partial charge in [-0.05, 0) is 49.4 Å². The zero-order chi connectivity index (χ0) is 19.8. The Balaban J connectivity index is 2.01. The lowest BCUT2D eigenvalue weighted by atomic mass is 10.2. The van der Waals surface area contributed by atoms with E-state index in [1.807, 2.05) is 6.92 Å². The molecule has 0 saturated heterocycles. The highest BCUT2D eigenvalue weighted by Gasteiger charge is 2.18. The topological polar surface area (TPSA) is 124 Å². The third-order valence-corrected chi connectivity index (χ3v) is 5.04. The number of anilines is 1. The van der Waals surface area contributed by atoms with E-state index in [1.165, 1.54) is 35.0 Å². The first kappa shape index (κ1) is 19.0. The summed E-state index contributed by atoms with van der Waals surface area (Å²) >= 11 is 5.97. The molecule has 0 bridgehead atoms. The number of carbonyl (C=O) groups excluding carboxylic acids is 1. The highest BCUT2D eigenvalue weighted by Crippen LogP contribution is 2.17. The monoisotopic (exact) mass is 406 g/mol. The lowest BCUT2D eigenvalue weighted by Crippen LogP contribution is -2.27. The average Bonchev–Trinajstić information content (AvgIpc) is 2.62. The molecule has 2 aromatic carbocycles. The van der Waals surface area contributed by atoms with E-state index in [9.17, 15) is 18.0 Å². The number of amides is 1. The van der Waals surface area contributed by atoms with Crippen LogP contribution < -0.4 is 15.9 Å². The van der Waals surface area contributed by atoms with Crippen molar-refractivity contribution in [2.24, 2.45) is 5.14 Å². The van der Waals surface area contributed by atoms with Crippen molar-refractivity contribution < 1.29 is 13.2 Å². The van der Waals surface area contributed by atoms with E-state index in [0.29, 0.717) is 22.8 Å². The van der Waals surface area contributed by atoms with Crippen molar-refractivity contribution in [3.05, 3.63) is 63.4 Å². The summed E-state index contributed by atoms with van der Waals surface area (Å²) in [5, 5.41) is 12.4. The van der Waals surface area contributed by atoms with Gasteiger partial charge in [0.2, 0.25) is 15.5 Å². The molecule has 3 aromatic rings. The number of carbonyl (C=O) groups is 1. The van der Waals surface area contributed by atoms with Gasteiger partial charge in [-0.2, -0.15) is 5.10 Å². The largest absolute Gasteiger partial charge is 0.320 e. The van der Waals surface area contributed by atoms with Crippen LogP contribution in [0.25, 0.3) is 10.9 Å². The summed E-state index contributed by atoms with van der Waals surface area (Å²) in [4.78, 5) is 25.1. The van der Waals surface area contributed by atoms with Crippen molar-refractivity contribution in [3.63, 3.8) is 0 Å². The van der Waals surface area contributed by atoms with Gasteiger partial charge in [0, 0.05) is 17.3 Å². The number of benzene rings is 2. The van der Waals surface area contributed by atoms with E-state index in [2.05, 4.69) is 10.4 Å². The van der Waals surface area contributed by atoms with E-state index in [0.717, 1.165) is 0 Å². The second kappa shape index (κ2) is 7.10. The van der Waals surface area contributed by atoms with Crippen molar-refractivity contribution in [1.29, 1.82) is 0 Å². The van der Waals surface area contributed by atoms with Crippen LogP contribution in [0.2, 0.25) is 5.02 Å². The van der Waals surface area contributed by atoms with Crippen molar-refractivity contribution in [2.45, 2.75) is 18.4 Å². The summed E-state index contributed by atoms with van der Waals surface area (Å²) in [5.74, 6) is -0.715. The van der Waals surface area contributed by atoms with Crippen LogP contribution in [-0.4, -0.2) is 24.1 Å². The molecule has 10 heteroatoms. The van der Waals surface area contributed by atoms with Gasteiger partial charge in [-0.3, -0.25) is 14.3 Å². The molecule has 0 aliphatic rings. The molecule has 0 unspecified atom stereocenters. The number of halogens is 1. The summed E-state index contributed by atoms with van der Waals surface area (Å²) in [6, 6.07) is 10.0. The molecular formula is C17H15ClN4O4S. The van der Waals surface area contributed by atoms with Crippen LogP contribution in [0.4, 0.5) is 5.69 Å². The number of aryl methyl sites for hydroxylation is 1. The first-order valence-corrected chi connectivity index (χ1v) is 9.77. The highest BCUT2D eigenvalue weighted by molar-refractivity contribution is 7.89. The van der Waals surface area contributed by atoms with Gasteiger partial charge >= 0.3 is 0 Å². The zero-order valence-corrected chi connectivity index (χ0v) is 15.7. The Bertz CT molecular complexity index is 1200. The predicted molar refractivity (Wildman–Crippen MR) is 102 cm³/mol. The number of fused-ring (bicyclic) bond motifs is 1. The number of nitrogens with two attached hydrogens (primary N) is 1. The lowest BCUT2D eigenvalue weighted by molar-refractivity contribution is 0.101. The van der Waals surface area contributed by atoms with Gasteiger partial charge in [-0.15, -0.1) is 0 Å². The molecular weight excluding hydrogens is 392 g/mol. The number of primary sulfonamides is 1. The summed E-state index contributed by atoms with van der Waals surface area (Å²) in [5.41, 5.74) is 0.0294. The number of sulfonamides is 1. The minimum atomic E-state index is -3.84. The number of nitrogens with zero attached hydrogens (tertiary/aromatic N) is 2. The maximum absolute atomic E-state index is 12.7. The maximum atomic E-state index is 12.7. The molecule has 0 saturated carbocycles. The fourth-order valence-electron chi connectivity index (χ4n) is 2.57. The summed E-state index contributed by atoms with van der Waals surface area (Å²) in [6.45, 7) is 2.28. The maximum Gasteiger partial charge on any atom is 0.280 e. The highest BCUT2D eigenvalue weighted by atomic mass is 35.5. The molecule has 0 spiro atoms. The van der Waals surface area contributed by atoms with Crippen molar-refractivity contribution in [1.82, 2.24) is 9.78 Å². The van der Waals surface area contributed by atoms with Crippen LogP contribution in [0, 0.1) is 0 Å². The van der Waals surface area contributed by atoms with Gasteiger partial charge in [-0.1, -0.05) is 11.6 Å². The van der Waals surface area contributed by atoms with Crippen LogP contribution in [0.5, 0.6) is 0 Å². The Morgan fingerprint density at radius 3 is 2.48 bits per heavy atom. The van der Waals surface area contributed by atoms with Crippen LogP contribution in [-0.2, 0) is 16.6 Å². The van der Waals surface area contributed by atoms with E-state index >= 15 is 0 Å². The quantitative estimate of drug-likeness (QED) is 0.685. The molecule has 3 rings (SSSR count). The van der Waals surface area contributed by atoms with Crippen LogP contribution in [0.15, 0.2) is 52.2 Å². The first-order valence-electron chi connectivity index (χ1n) is 7.85. The fourth-order valence-corrected chi connectivity index (χ4v) is 3.26. The minimum absolute atomic E-state index is 0.0905. The van der Waals surface area contributed by atoms with Gasteiger partial charge < -0.3 is 5.32 Å². The van der Waals surface area contributed by atoms with E-state index < -0.39 is 21.4 Å². The molecule has 1 aromatic heterocycles. The second-order valence-electron chi connectivity index (χ2n) is 5.68. The van der Waals surface area contributed by atoms with Gasteiger partial charge in [0.25, 0.3) is 5.91 Å². The summed E-state index contributed by atoms with van der Waals surface area (Å²) < 4.78 is 24.1. The molecule has 1 heterocycles. The lowest BCUT2D eigenvalue weighted by Gasteiger charge is -2.11. The number of rotatable bonds is 4. The Labute approximate surface area is 159 Å². The van der Waals surface area contributed by atoms with E-state index in [-0.39, 0.29) is 16.0 Å². The summed E-state index contributed by atoms with van der Waals surface area (Å²) in [7, 11) is -3.84. The molecule has 27 heavy (non-hydrogen) atoms. The average molecular weight is 407 g/mol. The zero-order valence-electron chi connectivity index (χ0n) is 14.1. The fraction of sp³-hybridized carbons (Fsp3) is 0.118. The van der Waals surface area contributed by atoms with Crippen LogP contribution >= 0.6 is 11.6 Å². The predicted octanol–water partition coefficient (Wildman–Crippen LogP) is 1.97. The molecule has 0 radical (unpaired) electrons. The standard InChI is InChI=1S/C17H15ClN4O4S/c1-2-22-14-8-3-10(18)9-13(14)16(23)15(21-22)17(24)20-11-4-6-12(7-5-11)27(19,25)26/h3-9H,2H2,1H3,(H,20,24)(H2,19,25,26). The molecule has 0 aliphatic heterocycles. The molecule has 8 nitrogen and oxygen atoms in total. The Morgan fingerprint density at radius 2 is 1.89 bits per heavy atom. The minimum Gasteiger partial charge on any atom is -0.320 e. The van der Waals surface area contributed by atoms with Crippen molar-refractivity contribution in [2.75, 3.05) is 5.32 Å². The van der Waals surface area contributed by atoms with E-state index in [4.69, 9.17) is 16.7 Å². The normalized spacial score (nSPS) is 11.5. The number of nitrogens with one attached hydrogen (secondary N) is 1. The summed E-state index contributed by atoms with van der Waals surface area (Å²) in [6.07, 6.45) is 0. The SMILES string of the molecule is CCn1nc(C(=O)Nc2ccc(S(N)(=O)=O)cc2)c(=O)c2cc(Cl)ccc21. The molecule has 0 fully saturated rings. The van der Waals surface area contributed by atoms with Crippen molar-refractivity contribution in [3.8, 4) is 0 Å². The van der Waals surface area contributed by atoms with E-state index in [1.54, 1.807) is 12.1 Å². The van der Waals surface area contributed by atoms with Gasteiger partial charge in [0.1, 0.15) is 0 Å². The van der Waals surface area contributed by atoms with Gasteiger partial charge in [-0.25, -0.2) is 13.6 Å². The Morgan fingerprint density at radius 1 is 1.22 bits per heavy atom. The van der Waals surface area contributed by atoms with Crippen LogP contribution in [0.3, 0.4) is 0 Å². The second-order valence-corrected chi connectivity index (χ2v) is 7.68. The third kappa shape index (κ3) is 3.85. The molecule has 0 atom stereocenters. The molecule has 3 N–H and O–H groups in total. The molecule has 140 valence electrons. The number of aromatic nitrogens is 2. The number of hydrogen-bond donors (Lipinski definition) is 2. The first-order chi connectivity index (χ1) is 12.7. The Hall–Kier alpha value is -2.75. The molecule has 0 aliphatic carbocycles. The third-order valence-electron chi connectivity index (χ3n) is 3.87. The van der Waals surface area contributed by atoms with Gasteiger partial charge in [0.05, 0.1) is 15.8 Å². The molecule has 1 amide bonds. The van der Waals surface area contributed by atoms with Crippen molar-refractivity contribution >= 4 is 44.1 Å².